The smallest absolute Gasteiger partial charge is 0.219 e. The second kappa shape index (κ2) is 7.66. The van der Waals surface area contributed by atoms with E-state index in [2.05, 4.69) is 17.2 Å². The van der Waals surface area contributed by atoms with Gasteiger partial charge >= 0.3 is 0 Å². The number of rotatable bonds is 7. The Morgan fingerprint density at radius 1 is 1.12 bits per heavy atom. The SMILES string of the molecule is COc1ccc(Oc2cc(CN[C@H](C)c3ccco3)ccn2)cc1. The fraction of sp³-hybridized carbons (Fsp3) is 0.211. The molecular weight excluding hydrogens is 304 g/mol. The van der Waals surface area contributed by atoms with Crippen LogP contribution in [-0.2, 0) is 6.54 Å². The van der Waals surface area contributed by atoms with E-state index < -0.39 is 0 Å². The van der Waals surface area contributed by atoms with Crippen LogP contribution < -0.4 is 14.8 Å². The number of nitrogens with zero attached hydrogens (tertiary/aromatic N) is 1. The molecule has 5 nitrogen and oxygen atoms in total. The summed E-state index contributed by atoms with van der Waals surface area (Å²) in [5.74, 6) is 2.99. The van der Waals surface area contributed by atoms with Crippen molar-refractivity contribution < 1.29 is 13.9 Å². The molecule has 0 saturated heterocycles. The molecule has 0 amide bonds. The van der Waals surface area contributed by atoms with Crippen LogP contribution in [0.15, 0.2) is 65.4 Å². The molecule has 0 aliphatic rings. The maximum Gasteiger partial charge on any atom is 0.219 e. The van der Waals surface area contributed by atoms with E-state index in [1.54, 1.807) is 19.6 Å². The molecule has 1 atom stereocenters. The maximum absolute atomic E-state index is 5.78. The van der Waals surface area contributed by atoms with Gasteiger partial charge in [-0.05, 0) is 55.0 Å². The Kier molecular flexibility index (Phi) is 5.13. The Balaban J connectivity index is 1.61. The van der Waals surface area contributed by atoms with Crippen molar-refractivity contribution in [3.8, 4) is 17.4 Å². The van der Waals surface area contributed by atoms with E-state index in [0.717, 1.165) is 22.8 Å². The minimum Gasteiger partial charge on any atom is -0.497 e. The first-order valence-corrected chi connectivity index (χ1v) is 7.78. The third-order valence-corrected chi connectivity index (χ3v) is 3.66. The maximum atomic E-state index is 5.78. The van der Waals surface area contributed by atoms with Crippen molar-refractivity contribution in [2.45, 2.75) is 19.5 Å². The van der Waals surface area contributed by atoms with Gasteiger partial charge in [-0.15, -0.1) is 0 Å². The van der Waals surface area contributed by atoms with Crippen molar-refractivity contribution in [1.82, 2.24) is 10.3 Å². The summed E-state index contributed by atoms with van der Waals surface area (Å²) in [6.07, 6.45) is 3.42. The molecule has 1 N–H and O–H groups in total. The van der Waals surface area contributed by atoms with E-state index >= 15 is 0 Å². The molecule has 0 aliphatic carbocycles. The number of hydrogen-bond acceptors (Lipinski definition) is 5. The Labute approximate surface area is 141 Å². The van der Waals surface area contributed by atoms with Gasteiger partial charge < -0.3 is 19.2 Å². The number of pyridine rings is 1. The van der Waals surface area contributed by atoms with E-state index in [4.69, 9.17) is 13.9 Å². The number of aromatic nitrogens is 1. The van der Waals surface area contributed by atoms with Crippen molar-refractivity contribution in [2.75, 3.05) is 7.11 Å². The highest BCUT2D eigenvalue weighted by Gasteiger charge is 2.08. The Morgan fingerprint density at radius 3 is 2.62 bits per heavy atom. The van der Waals surface area contributed by atoms with Crippen LogP contribution in [0.3, 0.4) is 0 Å². The zero-order valence-electron chi connectivity index (χ0n) is 13.7. The molecule has 5 heteroatoms. The Bertz CT molecular complexity index is 755. The lowest BCUT2D eigenvalue weighted by atomic mass is 10.2. The lowest BCUT2D eigenvalue weighted by Gasteiger charge is -2.12. The topological polar surface area (TPSA) is 56.5 Å². The van der Waals surface area contributed by atoms with Gasteiger partial charge in [0.15, 0.2) is 0 Å². The quantitative estimate of drug-likeness (QED) is 0.701. The normalized spacial score (nSPS) is 11.9. The molecule has 2 aromatic heterocycles. The van der Waals surface area contributed by atoms with Gasteiger partial charge in [-0.2, -0.15) is 0 Å². The number of benzene rings is 1. The largest absolute Gasteiger partial charge is 0.497 e. The van der Waals surface area contributed by atoms with Crippen molar-refractivity contribution in [3.63, 3.8) is 0 Å². The van der Waals surface area contributed by atoms with Crippen LogP contribution in [0, 0.1) is 0 Å². The molecule has 3 rings (SSSR count). The number of ether oxygens (including phenoxy) is 2. The minimum absolute atomic E-state index is 0.138. The molecule has 24 heavy (non-hydrogen) atoms. The van der Waals surface area contributed by atoms with Crippen molar-refractivity contribution in [2.24, 2.45) is 0 Å². The van der Waals surface area contributed by atoms with Gasteiger partial charge in [0.1, 0.15) is 17.3 Å². The van der Waals surface area contributed by atoms with Gasteiger partial charge in [0.25, 0.3) is 0 Å². The zero-order chi connectivity index (χ0) is 16.8. The summed E-state index contributed by atoms with van der Waals surface area (Å²) in [7, 11) is 1.64. The third kappa shape index (κ3) is 4.14. The van der Waals surface area contributed by atoms with Gasteiger partial charge in [0, 0.05) is 18.8 Å². The lowest BCUT2D eigenvalue weighted by Crippen LogP contribution is -2.17. The van der Waals surface area contributed by atoms with Crippen LogP contribution in [0.4, 0.5) is 0 Å². The van der Waals surface area contributed by atoms with Gasteiger partial charge in [0.05, 0.1) is 19.4 Å². The van der Waals surface area contributed by atoms with Gasteiger partial charge in [-0.3, -0.25) is 0 Å². The first kappa shape index (κ1) is 16.1. The van der Waals surface area contributed by atoms with E-state index in [1.165, 1.54) is 0 Å². The van der Waals surface area contributed by atoms with E-state index in [0.29, 0.717) is 12.4 Å². The Hall–Kier alpha value is -2.79. The molecule has 0 bridgehead atoms. The van der Waals surface area contributed by atoms with Crippen molar-refractivity contribution in [1.29, 1.82) is 0 Å². The molecule has 0 aliphatic heterocycles. The summed E-state index contributed by atoms with van der Waals surface area (Å²) >= 11 is 0. The van der Waals surface area contributed by atoms with Gasteiger partial charge in [-0.1, -0.05) is 0 Å². The van der Waals surface area contributed by atoms with Crippen LogP contribution >= 0.6 is 0 Å². The minimum atomic E-state index is 0.138. The molecule has 0 fully saturated rings. The van der Waals surface area contributed by atoms with Gasteiger partial charge in [0.2, 0.25) is 5.88 Å². The molecular formula is C19H20N2O3. The zero-order valence-corrected chi connectivity index (χ0v) is 13.7. The summed E-state index contributed by atoms with van der Waals surface area (Å²) in [5, 5.41) is 3.41. The van der Waals surface area contributed by atoms with E-state index in [1.807, 2.05) is 48.5 Å². The molecule has 0 radical (unpaired) electrons. The fourth-order valence-corrected chi connectivity index (χ4v) is 2.29. The Morgan fingerprint density at radius 2 is 1.92 bits per heavy atom. The molecule has 0 saturated carbocycles. The van der Waals surface area contributed by atoms with Crippen LogP contribution in [0.5, 0.6) is 17.4 Å². The molecule has 0 unspecified atom stereocenters. The number of furan rings is 1. The summed E-state index contributed by atoms with van der Waals surface area (Å²) in [5.41, 5.74) is 1.09. The monoisotopic (exact) mass is 324 g/mol. The summed E-state index contributed by atoms with van der Waals surface area (Å²) in [4.78, 5) is 4.25. The first-order valence-electron chi connectivity index (χ1n) is 7.78. The van der Waals surface area contributed by atoms with Crippen molar-refractivity contribution in [3.05, 3.63) is 72.3 Å². The predicted octanol–water partition coefficient (Wildman–Crippen LogP) is 4.33. The van der Waals surface area contributed by atoms with Crippen LogP contribution in [-0.4, -0.2) is 12.1 Å². The number of methoxy groups -OCH3 is 1. The molecule has 3 aromatic rings. The second-order valence-corrected chi connectivity index (χ2v) is 5.40. The summed E-state index contributed by atoms with van der Waals surface area (Å²) in [6, 6.07) is 15.3. The first-order chi connectivity index (χ1) is 11.7. The average molecular weight is 324 g/mol. The summed E-state index contributed by atoms with van der Waals surface area (Å²) in [6.45, 7) is 2.76. The second-order valence-electron chi connectivity index (χ2n) is 5.40. The lowest BCUT2D eigenvalue weighted by molar-refractivity contribution is 0.412. The highest BCUT2D eigenvalue weighted by Crippen LogP contribution is 2.23. The van der Waals surface area contributed by atoms with E-state index in [-0.39, 0.29) is 6.04 Å². The van der Waals surface area contributed by atoms with Crippen LogP contribution in [0.25, 0.3) is 0 Å². The summed E-state index contributed by atoms with van der Waals surface area (Å²) < 4.78 is 16.3. The average Bonchev–Trinajstić information content (AvgIpc) is 3.15. The highest BCUT2D eigenvalue weighted by atomic mass is 16.5. The van der Waals surface area contributed by atoms with Crippen LogP contribution in [0.2, 0.25) is 0 Å². The molecule has 0 spiro atoms. The van der Waals surface area contributed by atoms with Gasteiger partial charge in [-0.25, -0.2) is 4.98 Å². The molecule has 124 valence electrons. The number of nitrogens with one attached hydrogen (secondary N) is 1. The highest BCUT2D eigenvalue weighted by molar-refractivity contribution is 5.34. The predicted molar refractivity (Wildman–Crippen MR) is 91.3 cm³/mol. The fourth-order valence-electron chi connectivity index (χ4n) is 2.29. The molecule has 2 heterocycles. The standard InChI is InChI=1S/C19H20N2O3/c1-14(18-4-3-11-23-18)21-13-15-9-10-20-19(12-15)24-17-7-5-16(22-2)6-8-17/h3-12,14,21H,13H2,1-2H3/t14-/m1/s1. The van der Waals surface area contributed by atoms with Crippen LogP contribution in [0.1, 0.15) is 24.3 Å². The number of hydrogen-bond donors (Lipinski definition) is 1. The van der Waals surface area contributed by atoms with Crippen molar-refractivity contribution >= 4 is 0 Å². The molecule has 1 aromatic carbocycles. The third-order valence-electron chi connectivity index (χ3n) is 3.66. The van der Waals surface area contributed by atoms with E-state index in [9.17, 15) is 0 Å².